The Morgan fingerprint density at radius 1 is 1.35 bits per heavy atom. The van der Waals surface area contributed by atoms with E-state index in [0.29, 0.717) is 23.2 Å². The Morgan fingerprint density at radius 2 is 2.00 bits per heavy atom. The van der Waals surface area contributed by atoms with Crippen LogP contribution in [0.1, 0.15) is 37.6 Å². The number of hydrogen-bond donors (Lipinski definition) is 3. The van der Waals surface area contributed by atoms with Crippen LogP contribution in [0.3, 0.4) is 0 Å². The summed E-state index contributed by atoms with van der Waals surface area (Å²) in [5.74, 6) is 0.112. The summed E-state index contributed by atoms with van der Waals surface area (Å²) in [6.07, 6.45) is 1.04. The number of carbonyl (C=O) groups is 1. The van der Waals surface area contributed by atoms with Crippen molar-refractivity contribution in [1.29, 1.82) is 0 Å². The maximum absolute atomic E-state index is 11.2. The smallest absolute Gasteiger partial charge is 0.250 e. The molecule has 1 atom stereocenters. The monoisotopic (exact) mass is 235 g/mol. The van der Waals surface area contributed by atoms with Gasteiger partial charge >= 0.3 is 0 Å². The van der Waals surface area contributed by atoms with E-state index in [4.69, 9.17) is 11.5 Å². The highest BCUT2D eigenvalue weighted by atomic mass is 16.1. The molecule has 1 aromatic carbocycles. The average Bonchev–Trinajstić information content (AvgIpc) is 2.19. The van der Waals surface area contributed by atoms with Gasteiger partial charge in [-0.1, -0.05) is 19.9 Å². The van der Waals surface area contributed by atoms with Crippen molar-refractivity contribution >= 4 is 17.3 Å². The van der Waals surface area contributed by atoms with Crippen molar-refractivity contribution in [2.45, 2.75) is 33.2 Å². The van der Waals surface area contributed by atoms with Gasteiger partial charge in [0.1, 0.15) is 0 Å². The van der Waals surface area contributed by atoms with Crippen LogP contribution in [0.25, 0.3) is 0 Å². The number of rotatable bonds is 5. The quantitative estimate of drug-likeness (QED) is 0.684. The van der Waals surface area contributed by atoms with Crippen LogP contribution in [0.5, 0.6) is 0 Å². The number of hydrogen-bond acceptors (Lipinski definition) is 3. The van der Waals surface area contributed by atoms with E-state index in [-0.39, 0.29) is 0 Å². The number of para-hydroxylation sites is 1. The maximum atomic E-state index is 11.2. The highest BCUT2D eigenvalue weighted by molar-refractivity contribution is 6.00. The first kappa shape index (κ1) is 13.4. The molecule has 5 N–H and O–H groups in total. The molecule has 0 saturated heterocycles. The van der Waals surface area contributed by atoms with Crippen LogP contribution in [0.4, 0.5) is 11.4 Å². The van der Waals surface area contributed by atoms with Crippen LogP contribution in [0.15, 0.2) is 18.2 Å². The Bertz CT molecular complexity index is 402. The molecular weight excluding hydrogens is 214 g/mol. The third-order valence-corrected chi connectivity index (χ3v) is 2.60. The number of nitrogens with two attached hydrogens (primary N) is 2. The van der Waals surface area contributed by atoms with Gasteiger partial charge in [0.25, 0.3) is 5.91 Å². The summed E-state index contributed by atoms with van der Waals surface area (Å²) in [6, 6.07) is 5.58. The van der Waals surface area contributed by atoms with Gasteiger partial charge in [-0.3, -0.25) is 4.79 Å². The van der Waals surface area contributed by atoms with Crippen molar-refractivity contribution in [3.8, 4) is 0 Å². The van der Waals surface area contributed by atoms with E-state index >= 15 is 0 Å². The molecule has 1 unspecified atom stereocenters. The summed E-state index contributed by atoms with van der Waals surface area (Å²) >= 11 is 0. The van der Waals surface area contributed by atoms with Crippen molar-refractivity contribution < 1.29 is 4.79 Å². The van der Waals surface area contributed by atoms with Gasteiger partial charge in [0.15, 0.2) is 0 Å². The van der Waals surface area contributed by atoms with Gasteiger partial charge in [0.05, 0.1) is 16.9 Å². The molecule has 1 rings (SSSR count). The predicted octanol–water partition coefficient (Wildman–Crippen LogP) is 2.21. The van der Waals surface area contributed by atoms with Gasteiger partial charge in [-0.15, -0.1) is 0 Å². The van der Waals surface area contributed by atoms with E-state index in [1.807, 2.05) is 6.07 Å². The largest absolute Gasteiger partial charge is 0.396 e. The lowest BCUT2D eigenvalue weighted by Crippen LogP contribution is -2.20. The van der Waals surface area contributed by atoms with Crippen molar-refractivity contribution in [2.75, 3.05) is 11.1 Å². The highest BCUT2D eigenvalue weighted by Gasteiger charge is 2.11. The Labute approximate surface area is 102 Å². The lowest BCUT2D eigenvalue weighted by Gasteiger charge is -2.19. The summed E-state index contributed by atoms with van der Waals surface area (Å²) in [6.45, 7) is 6.43. The van der Waals surface area contributed by atoms with Crippen LogP contribution >= 0.6 is 0 Å². The van der Waals surface area contributed by atoms with Crippen LogP contribution < -0.4 is 16.8 Å². The van der Waals surface area contributed by atoms with E-state index in [0.717, 1.165) is 12.1 Å². The predicted molar refractivity (Wildman–Crippen MR) is 71.9 cm³/mol. The number of anilines is 2. The summed E-state index contributed by atoms with van der Waals surface area (Å²) in [5.41, 5.74) is 12.7. The van der Waals surface area contributed by atoms with Crippen molar-refractivity contribution in [3.05, 3.63) is 23.8 Å². The Balaban J connectivity index is 2.85. The summed E-state index contributed by atoms with van der Waals surface area (Å²) in [5, 5.41) is 3.30. The third kappa shape index (κ3) is 3.66. The molecule has 0 fully saturated rings. The molecule has 0 aromatic heterocycles. The first-order valence-corrected chi connectivity index (χ1v) is 5.86. The molecule has 0 bridgehead atoms. The Morgan fingerprint density at radius 3 is 2.53 bits per heavy atom. The standard InChI is InChI=1S/C13H21N3O/c1-8(2)7-9(3)16-11-6-4-5-10(12(11)14)13(15)17/h4-6,8-9,16H,7,14H2,1-3H3,(H2,15,17). The number of amides is 1. The molecule has 0 aliphatic heterocycles. The summed E-state index contributed by atoms with van der Waals surface area (Å²) in [7, 11) is 0. The molecule has 0 saturated carbocycles. The number of nitrogen functional groups attached to an aromatic ring is 1. The molecule has 4 heteroatoms. The van der Waals surface area contributed by atoms with Crippen LogP contribution in [-0.2, 0) is 0 Å². The molecule has 0 heterocycles. The first-order valence-electron chi connectivity index (χ1n) is 5.86. The molecule has 0 aliphatic carbocycles. The van der Waals surface area contributed by atoms with E-state index in [1.165, 1.54) is 0 Å². The maximum Gasteiger partial charge on any atom is 0.250 e. The van der Waals surface area contributed by atoms with Crippen molar-refractivity contribution in [2.24, 2.45) is 11.7 Å². The minimum absolute atomic E-state index is 0.306. The Kier molecular flexibility index (Phi) is 4.37. The van der Waals surface area contributed by atoms with Crippen LogP contribution in [-0.4, -0.2) is 11.9 Å². The third-order valence-electron chi connectivity index (χ3n) is 2.60. The molecule has 0 radical (unpaired) electrons. The lowest BCUT2D eigenvalue weighted by atomic mass is 10.0. The summed E-state index contributed by atoms with van der Waals surface area (Å²) in [4.78, 5) is 11.2. The zero-order valence-electron chi connectivity index (χ0n) is 10.7. The van der Waals surface area contributed by atoms with E-state index < -0.39 is 5.91 Å². The fourth-order valence-electron chi connectivity index (χ4n) is 1.94. The normalized spacial score (nSPS) is 12.5. The fraction of sp³-hybridized carbons (Fsp3) is 0.462. The zero-order chi connectivity index (χ0) is 13.0. The van der Waals surface area contributed by atoms with E-state index in [1.54, 1.807) is 12.1 Å². The molecular formula is C13H21N3O. The van der Waals surface area contributed by atoms with Crippen LogP contribution in [0.2, 0.25) is 0 Å². The second-order valence-corrected chi connectivity index (χ2v) is 4.81. The number of carbonyl (C=O) groups excluding carboxylic acids is 1. The molecule has 94 valence electrons. The fourth-order valence-corrected chi connectivity index (χ4v) is 1.94. The van der Waals surface area contributed by atoms with Gasteiger partial charge in [-0.2, -0.15) is 0 Å². The second-order valence-electron chi connectivity index (χ2n) is 4.81. The van der Waals surface area contributed by atoms with Crippen molar-refractivity contribution in [3.63, 3.8) is 0 Å². The van der Waals surface area contributed by atoms with Gasteiger partial charge < -0.3 is 16.8 Å². The van der Waals surface area contributed by atoms with E-state index in [9.17, 15) is 4.79 Å². The summed E-state index contributed by atoms with van der Waals surface area (Å²) < 4.78 is 0. The number of primary amides is 1. The Hall–Kier alpha value is -1.71. The highest BCUT2D eigenvalue weighted by Crippen LogP contribution is 2.24. The number of nitrogens with one attached hydrogen (secondary N) is 1. The average molecular weight is 235 g/mol. The first-order chi connectivity index (χ1) is 7.91. The van der Waals surface area contributed by atoms with Gasteiger partial charge in [0.2, 0.25) is 0 Å². The van der Waals surface area contributed by atoms with Crippen molar-refractivity contribution in [1.82, 2.24) is 0 Å². The number of benzene rings is 1. The van der Waals surface area contributed by atoms with Gasteiger partial charge in [-0.05, 0) is 31.4 Å². The molecule has 1 aromatic rings. The van der Waals surface area contributed by atoms with Gasteiger partial charge in [0, 0.05) is 6.04 Å². The SMILES string of the molecule is CC(C)CC(C)Nc1cccc(C(N)=O)c1N. The molecule has 4 nitrogen and oxygen atoms in total. The van der Waals surface area contributed by atoms with Crippen LogP contribution in [0, 0.1) is 5.92 Å². The topological polar surface area (TPSA) is 81.1 Å². The van der Waals surface area contributed by atoms with Gasteiger partial charge in [-0.25, -0.2) is 0 Å². The second kappa shape index (κ2) is 5.57. The van der Waals surface area contributed by atoms with E-state index in [2.05, 4.69) is 26.1 Å². The zero-order valence-corrected chi connectivity index (χ0v) is 10.7. The lowest BCUT2D eigenvalue weighted by molar-refractivity contribution is 0.100. The minimum Gasteiger partial charge on any atom is -0.396 e. The molecule has 0 spiro atoms. The molecule has 17 heavy (non-hydrogen) atoms. The minimum atomic E-state index is -0.498. The molecule has 1 amide bonds. The molecule has 0 aliphatic rings.